The molecular weight excluding hydrogens is 404 g/mol. The van der Waals surface area contributed by atoms with Gasteiger partial charge in [0.15, 0.2) is 18.1 Å². The van der Waals surface area contributed by atoms with Crippen LogP contribution in [0.25, 0.3) is 0 Å². The molecule has 0 unspecified atom stereocenters. The van der Waals surface area contributed by atoms with Gasteiger partial charge in [0.25, 0.3) is 5.91 Å². The molecule has 0 saturated heterocycles. The van der Waals surface area contributed by atoms with Crippen molar-refractivity contribution in [1.29, 1.82) is 5.26 Å². The van der Waals surface area contributed by atoms with E-state index < -0.39 is 0 Å². The zero-order valence-corrected chi connectivity index (χ0v) is 16.2. The second-order valence-electron chi connectivity index (χ2n) is 4.90. The Morgan fingerprint density at radius 1 is 1.28 bits per heavy atom. The van der Waals surface area contributed by atoms with Crippen LogP contribution in [0.4, 0.5) is 5.69 Å². The van der Waals surface area contributed by atoms with Crippen molar-refractivity contribution in [2.45, 2.75) is 11.8 Å². The Bertz CT molecular complexity index is 788. The molecule has 0 bridgehead atoms. The van der Waals surface area contributed by atoms with Crippen LogP contribution in [-0.2, 0) is 4.79 Å². The molecule has 0 atom stereocenters. The third-order valence-corrected chi connectivity index (χ3v) is 4.49. The van der Waals surface area contributed by atoms with E-state index in [4.69, 9.17) is 14.7 Å². The summed E-state index contributed by atoms with van der Waals surface area (Å²) in [5.74, 6) is 0.537. The van der Waals surface area contributed by atoms with E-state index in [9.17, 15) is 4.79 Å². The first-order valence-corrected chi connectivity index (χ1v) is 9.52. The highest BCUT2D eigenvalue weighted by molar-refractivity contribution is 9.10. The Morgan fingerprint density at radius 2 is 2.00 bits per heavy atom. The molecule has 2 aromatic carbocycles. The van der Waals surface area contributed by atoms with Crippen LogP contribution in [0.3, 0.4) is 0 Å². The standard InChI is InChI=1S/C18H17BrN2O3S/c1-3-23-16-9-12(10-20)8-15(19)18(16)24-11-17(22)21-13-4-6-14(25-2)7-5-13/h4-9H,3,11H2,1-2H3,(H,21,22). The normalized spacial score (nSPS) is 10.0. The molecule has 0 spiro atoms. The Kier molecular flexibility index (Phi) is 7.16. The second kappa shape index (κ2) is 9.35. The average molecular weight is 421 g/mol. The maximum Gasteiger partial charge on any atom is 0.262 e. The Balaban J connectivity index is 2.04. The van der Waals surface area contributed by atoms with Gasteiger partial charge in [0.1, 0.15) is 0 Å². The summed E-state index contributed by atoms with van der Waals surface area (Å²) in [6.45, 7) is 2.09. The van der Waals surface area contributed by atoms with Crippen LogP contribution < -0.4 is 14.8 Å². The summed E-state index contributed by atoms with van der Waals surface area (Å²) in [4.78, 5) is 13.2. The van der Waals surface area contributed by atoms with Crippen molar-refractivity contribution in [3.8, 4) is 17.6 Å². The minimum atomic E-state index is -0.282. The number of carbonyl (C=O) groups excluding carboxylic acids is 1. The smallest absolute Gasteiger partial charge is 0.262 e. The highest BCUT2D eigenvalue weighted by Crippen LogP contribution is 2.36. The van der Waals surface area contributed by atoms with Gasteiger partial charge in [-0.05, 0) is 59.4 Å². The maximum atomic E-state index is 12.1. The SMILES string of the molecule is CCOc1cc(C#N)cc(Br)c1OCC(=O)Nc1ccc(SC)cc1. The van der Waals surface area contributed by atoms with Gasteiger partial charge in [-0.1, -0.05) is 0 Å². The molecule has 130 valence electrons. The summed E-state index contributed by atoms with van der Waals surface area (Å²) in [5, 5.41) is 11.8. The number of ether oxygens (including phenoxy) is 2. The lowest BCUT2D eigenvalue weighted by Crippen LogP contribution is -2.20. The zero-order valence-electron chi connectivity index (χ0n) is 13.8. The molecule has 0 fully saturated rings. The minimum absolute atomic E-state index is 0.172. The topological polar surface area (TPSA) is 71.3 Å². The number of rotatable bonds is 7. The van der Waals surface area contributed by atoms with Gasteiger partial charge >= 0.3 is 0 Å². The number of hydrogen-bond donors (Lipinski definition) is 1. The predicted molar refractivity (Wildman–Crippen MR) is 102 cm³/mol. The Hall–Kier alpha value is -2.17. The molecule has 5 nitrogen and oxygen atoms in total. The molecule has 0 radical (unpaired) electrons. The highest BCUT2D eigenvalue weighted by Gasteiger charge is 2.14. The van der Waals surface area contributed by atoms with E-state index >= 15 is 0 Å². The van der Waals surface area contributed by atoms with Gasteiger partial charge in [-0.3, -0.25) is 4.79 Å². The summed E-state index contributed by atoms with van der Waals surface area (Å²) in [5.41, 5.74) is 1.15. The van der Waals surface area contributed by atoms with E-state index in [0.717, 1.165) is 4.90 Å². The third kappa shape index (κ3) is 5.41. The first-order valence-electron chi connectivity index (χ1n) is 7.50. The van der Waals surface area contributed by atoms with Crippen LogP contribution >= 0.6 is 27.7 Å². The van der Waals surface area contributed by atoms with Crippen molar-refractivity contribution >= 4 is 39.3 Å². The quantitative estimate of drug-likeness (QED) is 0.669. The average Bonchev–Trinajstić information content (AvgIpc) is 2.61. The second-order valence-corrected chi connectivity index (χ2v) is 6.63. The summed E-state index contributed by atoms with van der Waals surface area (Å²) >= 11 is 4.99. The fourth-order valence-electron chi connectivity index (χ4n) is 2.04. The number of halogens is 1. The molecule has 0 aromatic heterocycles. The number of carbonyl (C=O) groups is 1. The predicted octanol–water partition coefficient (Wildman–Crippen LogP) is 4.46. The van der Waals surface area contributed by atoms with Gasteiger partial charge in [0, 0.05) is 16.6 Å². The van der Waals surface area contributed by atoms with E-state index in [1.165, 1.54) is 0 Å². The number of nitriles is 1. The largest absolute Gasteiger partial charge is 0.490 e. The van der Waals surface area contributed by atoms with Crippen molar-refractivity contribution in [3.63, 3.8) is 0 Å². The van der Waals surface area contributed by atoms with Gasteiger partial charge in [-0.25, -0.2) is 0 Å². The molecule has 0 aliphatic rings. The van der Waals surface area contributed by atoms with Crippen LogP contribution in [0, 0.1) is 11.3 Å². The number of hydrogen-bond acceptors (Lipinski definition) is 5. The van der Waals surface area contributed by atoms with E-state index in [1.807, 2.05) is 37.4 Å². The van der Waals surface area contributed by atoms with Crippen LogP contribution in [0.5, 0.6) is 11.5 Å². The van der Waals surface area contributed by atoms with Crippen molar-refractivity contribution in [1.82, 2.24) is 0 Å². The molecule has 0 aliphatic carbocycles. The molecule has 1 N–H and O–H groups in total. The van der Waals surface area contributed by atoms with Crippen molar-refractivity contribution in [2.75, 3.05) is 24.8 Å². The van der Waals surface area contributed by atoms with E-state index in [-0.39, 0.29) is 12.5 Å². The highest BCUT2D eigenvalue weighted by atomic mass is 79.9. The Morgan fingerprint density at radius 3 is 2.60 bits per heavy atom. The number of anilines is 1. The monoisotopic (exact) mass is 420 g/mol. The van der Waals surface area contributed by atoms with Gasteiger partial charge in [0.05, 0.1) is 22.7 Å². The lowest BCUT2D eigenvalue weighted by Gasteiger charge is -2.14. The summed E-state index contributed by atoms with van der Waals surface area (Å²) in [6, 6.07) is 12.8. The molecule has 2 aromatic rings. The van der Waals surface area contributed by atoms with Crippen molar-refractivity contribution in [2.24, 2.45) is 0 Å². The van der Waals surface area contributed by atoms with Crippen LogP contribution in [-0.4, -0.2) is 25.4 Å². The molecule has 7 heteroatoms. The first kappa shape index (κ1) is 19.2. The van der Waals surface area contributed by atoms with E-state index in [0.29, 0.717) is 33.8 Å². The van der Waals surface area contributed by atoms with Crippen LogP contribution in [0.2, 0.25) is 0 Å². The van der Waals surface area contributed by atoms with E-state index in [1.54, 1.807) is 23.9 Å². The first-order chi connectivity index (χ1) is 12.1. The third-order valence-electron chi connectivity index (χ3n) is 3.16. The van der Waals surface area contributed by atoms with Gasteiger partial charge in [0.2, 0.25) is 0 Å². The van der Waals surface area contributed by atoms with Crippen molar-refractivity contribution < 1.29 is 14.3 Å². The summed E-state index contributed by atoms with van der Waals surface area (Å²) < 4.78 is 11.7. The maximum absolute atomic E-state index is 12.1. The molecule has 0 saturated carbocycles. The minimum Gasteiger partial charge on any atom is -0.490 e. The van der Waals surface area contributed by atoms with Gasteiger partial charge in [-0.15, -0.1) is 11.8 Å². The molecule has 25 heavy (non-hydrogen) atoms. The molecule has 1 amide bonds. The fraction of sp³-hybridized carbons (Fsp3) is 0.222. The summed E-state index contributed by atoms with van der Waals surface area (Å²) in [7, 11) is 0. The molecule has 2 rings (SSSR count). The number of nitrogens with one attached hydrogen (secondary N) is 1. The molecular formula is C18H17BrN2O3S. The number of thioether (sulfide) groups is 1. The number of amides is 1. The molecule has 0 aliphatic heterocycles. The fourth-order valence-corrected chi connectivity index (χ4v) is 3.01. The lowest BCUT2D eigenvalue weighted by atomic mass is 10.2. The summed E-state index contributed by atoms with van der Waals surface area (Å²) in [6.07, 6.45) is 1.99. The van der Waals surface area contributed by atoms with Crippen molar-refractivity contribution in [3.05, 3.63) is 46.4 Å². The Labute approximate surface area is 159 Å². The number of nitrogens with zero attached hydrogens (tertiary/aromatic N) is 1. The number of benzene rings is 2. The van der Waals surface area contributed by atoms with Crippen LogP contribution in [0.15, 0.2) is 45.8 Å². The van der Waals surface area contributed by atoms with Crippen LogP contribution in [0.1, 0.15) is 12.5 Å². The van der Waals surface area contributed by atoms with E-state index in [2.05, 4.69) is 27.3 Å². The zero-order chi connectivity index (χ0) is 18.2. The lowest BCUT2D eigenvalue weighted by molar-refractivity contribution is -0.118. The molecule has 0 heterocycles. The van der Waals surface area contributed by atoms with Gasteiger partial charge < -0.3 is 14.8 Å². The van der Waals surface area contributed by atoms with Gasteiger partial charge in [-0.2, -0.15) is 5.26 Å².